The van der Waals surface area contributed by atoms with Crippen molar-refractivity contribution in [3.63, 3.8) is 0 Å². The molecular weight excluding hydrogens is 400 g/mol. The molecule has 0 bridgehead atoms. The molecule has 0 fully saturated rings. The number of rotatable bonds is 7. The summed E-state index contributed by atoms with van der Waals surface area (Å²) in [6, 6.07) is 17.1. The number of hydrogen-bond acceptors (Lipinski definition) is 6. The van der Waals surface area contributed by atoms with Crippen molar-refractivity contribution < 1.29 is 18.7 Å². The van der Waals surface area contributed by atoms with Crippen molar-refractivity contribution in [2.75, 3.05) is 14.2 Å². The number of ether oxygens (including phenoxy) is 2. The van der Waals surface area contributed by atoms with E-state index in [1.54, 1.807) is 37.7 Å². The number of nitrogens with zero attached hydrogens (tertiary/aromatic N) is 1. The fourth-order valence-electron chi connectivity index (χ4n) is 2.98. The van der Waals surface area contributed by atoms with Gasteiger partial charge in [0.1, 0.15) is 5.01 Å². The summed E-state index contributed by atoms with van der Waals surface area (Å²) in [5, 5.41) is 5.78. The minimum atomic E-state index is -0.233. The van der Waals surface area contributed by atoms with Gasteiger partial charge in [-0.15, -0.1) is 11.3 Å². The van der Waals surface area contributed by atoms with Gasteiger partial charge in [-0.2, -0.15) is 0 Å². The van der Waals surface area contributed by atoms with Crippen LogP contribution in [0.15, 0.2) is 70.7 Å². The second-order valence-electron chi connectivity index (χ2n) is 6.46. The summed E-state index contributed by atoms with van der Waals surface area (Å²) in [6.07, 6.45) is 1.48. The molecule has 0 unspecified atom stereocenters. The van der Waals surface area contributed by atoms with E-state index in [0.717, 1.165) is 27.4 Å². The van der Waals surface area contributed by atoms with Crippen molar-refractivity contribution >= 4 is 17.2 Å². The third-order valence-corrected chi connectivity index (χ3v) is 5.47. The predicted octanol–water partition coefficient (Wildman–Crippen LogP) is 5.02. The molecule has 0 atom stereocenters. The first-order valence-electron chi connectivity index (χ1n) is 9.27. The standard InChI is InChI=1S/C23H20N2O4S/c1-27-19-10-9-17(12-21(19)28-2)18-14-30-23(25-18)16-7-5-15(6-8-16)13-24-22(26)20-4-3-11-29-20/h3-12,14H,13H2,1-2H3,(H,24,26). The summed E-state index contributed by atoms with van der Waals surface area (Å²) in [5.41, 5.74) is 3.86. The number of methoxy groups -OCH3 is 2. The molecule has 7 heteroatoms. The number of carbonyl (C=O) groups is 1. The zero-order valence-corrected chi connectivity index (χ0v) is 17.4. The monoisotopic (exact) mass is 420 g/mol. The van der Waals surface area contributed by atoms with E-state index in [9.17, 15) is 4.79 Å². The normalized spacial score (nSPS) is 10.6. The maximum atomic E-state index is 12.0. The van der Waals surface area contributed by atoms with Crippen LogP contribution >= 0.6 is 11.3 Å². The number of carbonyl (C=O) groups excluding carboxylic acids is 1. The Labute approximate surface area is 178 Å². The van der Waals surface area contributed by atoms with Crippen LogP contribution in [-0.4, -0.2) is 25.1 Å². The van der Waals surface area contributed by atoms with Gasteiger partial charge in [0.25, 0.3) is 5.91 Å². The Hall–Kier alpha value is -3.58. The Kier molecular flexibility index (Phi) is 5.81. The van der Waals surface area contributed by atoms with Gasteiger partial charge in [0, 0.05) is 23.1 Å². The first-order valence-corrected chi connectivity index (χ1v) is 10.1. The molecule has 0 radical (unpaired) electrons. The molecule has 1 N–H and O–H groups in total. The minimum Gasteiger partial charge on any atom is -0.493 e. The van der Waals surface area contributed by atoms with Crippen LogP contribution in [0.3, 0.4) is 0 Å². The van der Waals surface area contributed by atoms with Crippen molar-refractivity contribution in [3.05, 3.63) is 77.6 Å². The number of hydrogen-bond donors (Lipinski definition) is 1. The number of furan rings is 1. The average molecular weight is 420 g/mol. The molecule has 0 aliphatic carbocycles. The van der Waals surface area contributed by atoms with Gasteiger partial charge in [-0.1, -0.05) is 24.3 Å². The molecule has 2 aromatic carbocycles. The van der Waals surface area contributed by atoms with Crippen LogP contribution in [0.4, 0.5) is 0 Å². The maximum absolute atomic E-state index is 12.0. The zero-order valence-electron chi connectivity index (χ0n) is 16.5. The van der Waals surface area contributed by atoms with Gasteiger partial charge >= 0.3 is 0 Å². The Balaban J connectivity index is 1.45. The smallest absolute Gasteiger partial charge is 0.287 e. The molecule has 0 aliphatic rings. The highest BCUT2D eigenvalue weighted by Crippen LogP contribution is 2.34. The molecule has 4 rings (SSSR count). The Morgan fingerprint density at radius 2 is 1.80 bits per heavy atom. The average Bonchev–Trinajstić information content (AvgIpc) is 3.50. The lowest BCUT2D eigenvalue weighted by molar-refractivity contribution is 0.0923. The maximum Gasteiger partial charge on any atom is 0.287 e. The molecule has 0 spiro atoms. The molecule has 1 amide bonds. The van der Waals surface area contributed by atoms with Gasteiger partial charge in [-0.25, -0.2) is 4.98 Å². The van der Waals surface area contributed by atoms with Crippen LogP contribution in [0.25, 0.3) is 21.8 Å². The molecule has 0 saturated carbocycles. The fourth-order valence-corrected chi connectivity index (χ4v) is 3.81. The summed E-state index contributed by atoms with van der Waals surface area (Å²) in [4.78, 5) is 16.7. The lowest BCUT2D eigenvalue weighted by atomic mass is 10.1. The number of amides is 1. The Bertz CT molecular complexity index is 1130. The summed E-state index contributed by atoms with van der Waals surface area (Å²) in [7, 11) is 3.23. The van der Waals surface area contributed by atoms with Crippen molar-refractivity contribution in [1.82, 2.24) is 10.3 Å². The van der Waals surface area contributed by atoms with E-state index >= 15 is 0 Å². The third-order valence-electron chi connectivity index (χ3n) is 4.58. The van der Waals surface area contributed by atoms with Gasteiger partial charge in [0.2, 0.25) is 0 Å². The second-order valence-corrected chi connectivity index (χ2v) is 7.32. The lowest BCUT2D eigenvalue weighted by Crippen LogP contribution is -2.22. The van der Waals surface area contributed by atoms with E-state index in [1.165, 1.54) is 6.26 Å². The van der Waals surface area contributed by atoms with Crippen molar-refractivity contribution in [1.29, 1.82) is 0 Å². The quantitative estimate of drug-likeness (QED) is 0.455. The predicted molar refractivity (Wildman–Crippen MR) is 116 cm³/mol. The number of thiazole rings is 1. The molecule has 0 saturated heterocycles. The van der Waals surface area contributed by atoms with Crippen LogP contribution in [0.5, 0.6) is 11.5 Å². The number of nitrogens with one attached hydrogen (secondary N) is 1. The number of benzene rings is 2. The highest BCUT2D eigenvalue weighted by Gasteiger charge is 2.11. The van der Waals surface area contributed by atoms with E-state index in [-0.39, 0.29) is 5.91 Å². The van der Waals surface area contributed by atoms with Gasteiger partial charge in [0.05, 0.1) is 26.2 Å². The fraction of sp³-hybridized carbons (Fsp3) is 0.130. The van der Waals surface area contributed by atoms with E-state index in [4.69, 9.17) is 18.9 Å². The first-order chi connectivity index (χ1) is 14.7. The summed E-state index contributed by atoms with van der Waals surface area (Å²) in [5.74, 6) is 1.43. The number of aromatic nitrogens is 1. The van der Waals surface area contributed by atoms with E-state index in [0.29, 0.717) is 23.8 Å². The van der Waals surface area contributed by atoms with Crippen molar-refractivity contribution in [2.24, 2.45) is 0 Å². The first kappa shape index (κ1) is 19.7. The minimum absolute atomic E-state index is 0.233. The lowest BCUT2D eigenvalue weighted by Gasteiger charge is -2.08. The molecule has 30 heavy (non-hydrogen) atoms. The summed E-state index contributed by atoms with van der Waals surface area (Å²) >= 11 is 1.58. The largest absolute Gasteiger partial charge is 0.493 e. The zero-order chi connectivity index (χ0) is 20.9. The molecular formula is C23H20N2O4S. The van der Waals surface area contributed by atoms with Crippen molar-refractivity contribution in [2.45, 2.75) is 6.54 Å². The molecule has 6 nitrogen and oxygen atoms in total. The van der Waals surface area contributed by atoms with E-state index < -0.39 is 0 Å². The summed E-state index contributed by atoms with van der Waals surface area (Å²) < 4.78 is 15.8. The van der Waals surface area contributed by atoms with Crippen LogP contribution in [0, 0.1) is 0 Å². The Morgan fingerprint density at radius 1 is 1.03 bits per heavy atom. The van der Waals surface area contributed by atoms with E-state index in [1.807, 2.05) is 47.8 Å². The molecule has 2 aromatic heterocycles. The van der Waals surface area contributed by atoms with Gasteiger partial charge in [-0.3, -0.25) is 4.79 Å². The molecule has 152 valence electrons. The molecule has 4 aromatic rings. The SMILES string of the molecule is COc1ccc(-c2csc(-c3ccc(CNC(=O)c4ccco4)cc3)n2)cc1OC. The van der Waals surface area contributed by atoms with Crippen LogP contribution in [0.1, 0.15) is 16.1 Å². The van der Waals surface area contributed by atoms with Gasteiger partial charge in [0.15, 0.2) is 17.3 Å². The Morgan fingerprint density at radius 3 is 2.50 bits per heavy atom. The molecule has 2 heterocycles. The second kappa shape index (κ2) is 8.84. The van der Waals surface area contributed by atoms with E-state index in [2.05, 4.69) is 5.32 Å². The van der Waals surface area contributed by atoms with Crippen molar-refractivity contribution in [3.8, 4) is 33.3 Å². The molecule has 0 aliphatic heterocycles. The highest BCUT2D eigenvalue weighted by atomic mass is 32.1. The van der Waals surface area contributed by atoms with Crippen LogP contribution in [-0.2, 0) is 6.54 Å². The summed E-state index contributed by atoms with van der Waals surface area (Å²) in [6.45, 7) is 0.425. The topological polar surface area (TPSA) is 73.6 Å². The third kappa shape index (κ3) is 4.21. The van der Waals surface area contributed by atoms with Gasteiger partial charge in [-0.05, 0) is 35.9 Å². The van der Waals surface area contributed by atoms with Crippen LogP contribution in [0.2, 0.25) is 0 Å². The van der Waals surface area contributed by atoms with Crippen LogP contribution < -0.4 is 14.8 Å². The van der Waals surface area contributed by atoms with Gasteiger partial charge < -0.3 is 19.2 Å². The highest BCUT2D eigenvalue weighted by molar-refractivity contribution is 7.13.